The van der Waals surface area contributed by atoms with Gasteiger partial charge in [0.25, 0.3) is 0 Å². The van der Waals surface area contributed by atoms with Crippen LogP contribution >= 0.6 is 0 Å². The minimum atomic E-state index is 0.639. The Bertz CT molecular complexity index is 399. The zero-order valence-corrected chi connectivity index (χ0v) is 12.2. The Hall–Kier alpha value is -1.36. The Balaban J connectivity index is 1.94. The predicted molar refractivity (Wildman–Crippen MR) is 76.7 cm³/mol. The van der Waals surface area contributed by atoms with Crippen molar-refractivity contribution in [2.45, 2.75) is 20.3 Å². The lowest BCUT2D eigenvalue weighted by Crippen LogP contribution is -2.28. The van der Waals surface area contributed by atoms with Gasteiger partial charge in [0, 0.05) is 25.7 Å². The third-order valence-corrected chi connectivity index (χ3v) is 3.64. The molecule has 0 aliphatic carbocycles. The van der Waals surface area contributed by atoms with Crippen LogP contribution in [0.15, 0.2) is 12.4 Å². The fraction of sp³-hybridized carbons (Fsp3) is 0.714. The molecule has 106 valence electrons. The topological polar surface area (TPSA) is 41.5 Å². The summed E-state index contributed by atoms with van der Waals surface area (Å²) in [7, 11) is 2.18. The molecular formula is C14H24N4O. The van der Waals surface area contributed by atoms with E-state index in [9.17, 15) is 0 Å². The highest BCUT2D eigenvalue weighted by Crippen LogP contribution is 2.24. The fourth-order valence-corrected chi connectivity index (χ4v) is 2.49. The minimum Gasteiger partial charge on any atom is -0.478 e. The quantitative estimate of drug-likeness (QED) is 0.781. The molecule has 0 aromatic carbocycles. The van der Waals surface area contributed by atoms with Crippen LogP contribution in [0.25, 0.3) is 0 Å². The molecule has 1 atom stereocenters. The van der Waals surface area contributed by atoms with Crippen molar-refractivity contribution < 1.29 is 4.74 Å². The lowest BCUT2D eigenvalue weighted by atomic mass is 10.1. The zero-order chi connectivity index (χ0) is 13.7. The summed E-state index contributed by atoms with van der Waals surface area (Å²) in [6.07, 6.45) is 2.82. The summed E-state index contributed by atoms with van der Waals surface area (Å²) < 4.78 is 5.43. The third kappa shape index (κ3) is 3.80. The number of hydrogen-bond acceptors (Lipinski definition) is 5. The molecule has 0 bridgehead atoms. The summed E-state index contributed by atoms with van der Waals surface area (Å²) in [5.74, 6) is 2.39. The van der Waals surface area contributed by atoms with Crippen LogP contribution in [0.1, 0.15) is 20.3 Å². The van der Waals surface area contributed by atoms with Gasteiger partial charge >= 0.3 is 0 Å². The molecule has 1 aromatic rings. The van der Waals surface area contributed by atoms with Crippen LogP contribution in [0.2, 0.25) is 0 Å². The van der Waals surface area contributed by atoms with E-state index >= 15 is 0 Å². The van der Waals surface area contributed by atoms with Gasteiger partial charge in [0.1, 0.15) is 12.1 Å². The van der Waals surface area contributed by atoms with Crippen molar-refractivity contribution in [1.29, 1.82) is 0 Å². The van der Waals surface area contributed by atoms with Crippen molar-refractivity contribution in [1.82, 2.24) is 14.9 Å². The normalized spacial score (nSPS) is 19.2. The zero-order valence-electron chi connectivity index (χ0n) is 12.2. The highest BCUT2D eigenvalue weighted by molar-refractivity contribution is 5.41. The molecule has 1 aliphatic heterocycles. The molecule has 1 saturated heterocycles. The Morgan fingerprint density at radius 1 is 1.42 bits per heavy atom. The maximum absolute atomic E-state index is 5.43. The number of hydrogen-bond donors (Lipinski definition) is 0. The molecule has 1 aromatic heterocycles. The Labute approximate surface area is 115 Å². The Morgan fingerprint density at radius 3 is 3.00 bits per heavy atom. The van der Waals surface area contributed by atoms with Gasteiger partial charge in [-0.1, -0.05) is 6.92 Å². The van der Waals surface area contributed by atoms with Crippen molar-refractivity contribution in [3.8, 4) is 5.88 Å². The van der Waals surface area contributed by atoms with Crippen LogP contribution in [0.5, 0.6) is 5.88 Å². The first-order chi connectivity index (χ1) is 9.22. The highest BCUT2D eigenvalue weighted by atomic mass is 16.5. The smallest absolute Gasteiger partial charge is 0.218 e. The number of aromatic nitrogens is 2. The lowest BCUT2D eigenvalue weighted by molar-refractivity contribution is 0.300. The molecule has 0 N–H and O–H groups in total. The van der Waals surface area contributed by atoms with Gasteiger partial charge in [-0.25, -0.2) is 9.97 Å². The van der Waals surface area contributed by atoms with Crippen LogP contribution in [0, 0.1) is 5.92 Å². The Kier molecular flexibility index (Phi) is 4.96. The average Bonchev–Trinajstić information content (AvgIpc) is 2.88. The van der Waals surface area contributed by atoms with E-state index in [4.69, 9.17) is 4.74 Å². The molecule has 2 heterocycles. The van der Waals surface area contributed by atoms with Crippen LogP contribution in [0.4, 0.5) is 5.82 Å². The first kappa shape index (κ1) is 14.1. The molecule has 1 unspecified atom stereocenters. The van der Waals surface area contributed by atoms with E-state index in [0.29, 0.717) is 12.5 Å². The van der Waals surface area contributed by atoms with E-state index in [1.54, 1.807) is 6.33 Å². The van der Waals surface area contributed by atoms with Gasteiger partial charge < -0.3 is 14.5 Å². The van der Waals surface area contributed by atoms with Gasteiger partial charge in [0.2, 0.25) is 5.88 Å². The summed E-state index contributed by atoms with van der Waals surface area (Å²) in [6, 6.07) is 1.94. The largest absolute Gasteiger partial charge is 0.478 e. The van der Waals surface area contributed by atoms with E-state index < -0.39 is 0 Å². The molecule has 1 aliphatic rings. The summed E-state index contributed by atoms with van der Waals surface area (Å²) in [5.41, 5.74) is 0. The van der Waals surface area contributed by atoms with Crippen molar-refractivity contribution in [2.75, 3.05) is 44.7 Å². The summed E-state index contributed by atoms with van der Waals surface area (Å²) in [4.78, 5) is 13.2. The van der Waals surface area contributed by atoms with E-state index in [2.05, 4.69) is 33.7 Å². The molecule has 19 heavy (non-hydrogen) atoms. The maximum atomic E-state index is 5.43. The van der Waals surface area contributed by atoms with Gasteiger partial charge in [-0.05, 0) is 32.9 Å². The first-order valence-electron chi connectivity index (χ1n) is 7.11. The number of nitrogens with zero attached hydrogens (tertiary/aromatic N) is 4. The van der Waals surface area contributed by atoms with Gasteiger partial charge in [-0.3, -0.25) is 0 Å². The van der Waals surface area contributed by atoms with Crippen LogP contribution in [-0.2, 0) is 0 Å². The second-order valence-electron chi connectivity index (χ2n) is 5.10. The highest BCUT2D eigenvalue weighted by Gasteiger charge is 2.24. The molecule has 0 amide bonds. The molecule has 5 heteroatoms. The van der Waals surface area contributed by atoms with Crippen molar-refractivity contribution in [3.63, 3.8) is 0 Å². The second-order valence-corrected chi connectivity index (χ2v) is 5.10. The number of ether oxygens (including phenoxy) is 1. The van der Waals surface area contributed by atoms with Gasteiger partial charge in [0.05, 0.1) is 6.61 Å². The Morgan fingerprint density at radius 2 is 2.26 bits per heavy atom. The molecule has 0 saturated carbocycles. The molecule has 1 fully saturated rings. The third-order valence-electron chi connectivity index (χ3n) is 3.64. The molecular weight excluding hydrogens is 240 g/mol. The van der Waals surface area contributed by atoms with Crippen LogP contribution in [0.3, 0.4) is 0 Å². The number of rotatable bonds is 6. The van der Waals surface area contributed by atoms with Gasteiger partial charge in [-0.15, -0.1) is 0 Å². The van der Waals surface area contributed by atoms with Gasteiger partial charge in [-0.2, -0.15) is 0 Å². The molecule has 2 rings (SSSR count). The van der Waals surface area contributed by atoms with Crippen LogP contribution < -0.4 is 9.64 Å². The predicted octanol–water partition coefficient (Wildman–Crippen LogP) is 1.65. The monoisotopic (exact) mass is 264 g/mol. The summed E-state index contributed by atoms with van der Waals surface area (Å²) in [5, 5.41) is 0. The van der Waals surface area contributed by atoms with E-state index in [0.717, 1.165) is 37.9 Å². The first-order valence-corrected chi connectivity index (χ1v) is 7.11. The fourth-order valence-electron chi connectivity index (χ4n) is 2.49. The SMILES string of the molecule is CCOc1cc(N2CCC(CN(C)CC)C2)ncn1. The lowest BCUT2D eigenvalue weighted by Gasteiger charge is -2.20. The minimum absolute atomic E-state index is 0.639. The summed E-state index contributed by atoms with van der Waals surface area (Å²) >= 11 is 0. The van der Waals surface area contributed by atoms with Crippen molar-refractivity contribution in [2.24, 2.45) is 5.92 Å². The van der Waals surface area contributed by atoms with Crippen LogP contribution in [-0.4, -0.2) is 54.7 Å². The van der Waals surface area contributed by atoms with E-state index in [1.807, 2.05) is 13.0 Å². The standard InChI is InChI=1S/C14H24N4O/c1-4-17(3)9-12-6-7-18(10-12)13-8-14(19-5-2)16-11-15-13/h8,11-12H,4-7,9-10H2,1-3H3. The average molecular weight is 264 g/mol. The van der Waals surface area contributed by atoms with E-state index in [-0.39, 0.29) is 0 Å². The number of anilines is 1. The summed E-state index contributed by atoms with van der Waals surface area (Å²) in [6.45, 7) is 9.23. The van der Waals surface area contributed by atoms with Crippen molar-refractivity contribution in [3.05, 3.63) is 12.4 Å². The molecule has 0 spiro atoms. The molecule has 0 radical (unpaired) electrons. The van der Waals surface area contributed by atoms with Gasteiger partial charge in [0.15, 0.2) is 0 Å². The van der Waals surface area contributed by atoms with Crippen molar-refractivity contribution >= 4 is 5.82 Å². The van der Waals surface area contributed by atoms with E-state index in [1.165, 1.54) is 6.42 Å². The maximum Gasteiger partial charge on any atom is 0.218 e. The second kappa shape index (κ2) is 6.70. The molecule has 5 nitrogen and oxygen atoms in total.